The molecule has 35 nitrogen and oxygen atoms in total. The first kappa shape index (κ1) is 102. The zero-order chi connectivity index (χ0) is 95.3. The highest BCUT2D eigenvalue weighted by molar-refractivity contribution is 6.06. The topological polar surface area (TPSA) is 519 Å². The molecule has 0 aromatic heterocycles. The summed E-state index contributed by atoms with van der Waals surface area (Å²) in [5, 5.41) is 76.8. The number of aliphatic hydroxyl groups is 4. The number of nitrogens with zero attached hydrogens (tertiary/aromatic N) is 1. The van der Waals surface area contributed by atoms with Gasteiger partial charge in [0.05, 0.1) is 88.1 Å². The number of alkyl carbamates (subject to hydrolysis) is 1. The number of anilines is 3. The van der Waals surface area contributed by atoms with Crippen LogP contribution in [0.25, 0.3) is 0 Å². The molecule has 1 heterocycles. The monoisotopic (exact) mass is 1830 g/mol. The van der Waals surface area contributed by atoms with E-state index in [0.717, 1.165) is 65.5 Å². The molecule has 10 rings (SSSR count). The number of carbonyl (C=O) groups excluding carboxylic acids is 13. The van der Waals surface area contributed by atoms with Crippen LogP contribution >= 0.6 is 0 Å². The summed E-state index contributed by atoms with van der Waals surface area (Å²) in [5.41, 5.74) is 11.0. The van der Waals surface area contributed by atoms with Gasteiger partial charge in [0.1, 0.15) is 36.6 Å². The Labute approximate surface area is 768 Å². The van der Waals surface area contributed by atoms with Gasteiger partial charge in [-0.2, -0.15) is 0 Å². The first-order chi connectivity index (χ1) is 63.2. The summed E-state index contributed by atoms with van der Waals surface area (Å²) in [7, 11) is 0. The lowest BCUT2D eigenvalue weighted by Gasteiger charge is -2.56. The average Bonchev–Trinajstić information content (AvgIpc) is 0.718. The molecule has 2 saturated carbocycles. The van der Waals surface area contributed by atoms with Crippen LogP contribution in [0.2, 0.25) is 0 Å². The van der Waals surface area contributed by atoms with Gasteiger partial charge in [-0.05, 0) is 194 Å². The number of amides is 13. The standard InChI is InChI=1S/C97H128N12O23/c1-60(2)84(107-87(121)73(31-34-81(116)101-56-77(114)85(119)76(113)37-45-110)104-82(117)38-46-128-48-50-130-52-53-131-51-49-129-47-44-99-80(115)35-36-83(118)109-57-66-16-8-7-14-62(66)21-22-65-15-9-10-18-75(65)109)89(123)105-72(17-11-43-100-92(98)126)86(120)102-67-27-19-61(20-28-67)59-132-93(127)106-74(58-111)88(122)103-68-29-23-63-25-32-78-94(3,70(63)54-68)39-12-41-96(78,5)90(124)108-91(125)97(6)42-13-40-95(4)71-55-69(112)30-24-64(71)26-33-79(95)97/h7-10,14-16,18-20,23-24,27-30,54-55,58,60,72-74,76-79,84-85,110,112-114,119H,11-13,17,25-26,31-53,56-57,59H2,1-6H3,(H,99,115)(H,101,116)(H,102,120)(H,103,122)(H,104,117)(H,105,123)(H,106,127)(H,107,121)(H3,98,100,126)(H,108,124,125)/t72-,73+,74-,76+,77-,78+,79+,84-,85-,94+,95+,96-,97-/m0/s1. The van der Waals surface area contributed by atoms with E-state index in [4.69, 9.17) is 29.4 Å². The minimum Gasteiger partial charge on any atom is -0.508 e. The molecule has 0 bridgehead atoms. The van der Waals surface area contributed by atoms with Crippen LogP contribution < -0.4 is 63.8 Å². The zero-order valence-corrected chi connectivity index (χ0v) is 76.0. The number of hydrogen-bond donors (Lipinski definition) is 16. The van der Waals surface area contributed by atoms with Gasteiger partial charge >= 0.3 is 12.1 Å². The van der Waals surface area contributed by atoms with E-state index in [1.807, 2.05) is 86.6 Å². The Morgan fingerprint density at radius 1 is 0.545 bits per heavy atom. The van der Waals surface area contributed by atoms with Crippen molar-refractivity contribution in [2.45, 2.75) is 224 Å². The predicted molar refractivity (Wildman–Crippen MR) is 486 cm³/mol. The molecule has 35 heteroatoms. The summed E-state index contributed by atoms with van der Waals surface area (Å²) in [6, 6.07) is 25.3. The Hall–Kier alpha value is -11.8. The van der Waals surface area contributed by atoms with Crippen molar-refractivity contribution in [3.8, 4) is 17.6 Å². The lowest BCUT2D eigenvalue weighted by atomic mass is 9.49. The number of aryl methyl sites for hydroxylation is 2. The van der Waals surface area contributed by atoms with Crippen LogP contribution in [0.3, 0.4) is 0 Å². The highest BCUT2D eigenvalue weighted by Crippen LogP contribution is 2.60. The predicted octanol–water partition coefficient (Wildman–Crippen LogP) is 5.35. The van der Waals surface area contributed by atoms with E-state index in [-0.39, 0.29) is 176 Å². The number of phenolic OH excluding ortho intramolecular Hbond substituents is 1. The number of primary amides is 1. The first-order valence-electron chi connectivity index (χ1n) is 45.5. The van der Waals surface area contributed by atoms with Gasteiger partial charge < -0.3 is 112 Å². The first-order valence-corrected chi connectivity index (χ1v) is 45.5. The molecular weight excluding hydrogens is 1700 g/mol. The molecule has 13 amide bonds. The molecule has 0 spiro atoms. The third kappa shape index (κ3) is 27.5. The van der Waals surface area contributed by atoms with Crippen LogP contribution in [0.15, 0.2) is 109 Å². The van der Waals surface area contributed by atoms with E-state index in [1.54, 1.807) is 30.9 Å². The molecule has 5 aromatic carbocycles. The van der Waals surface area contributed by atoms with Crippen LogP contribution in [0, 0.1) is 40.4 Å². The summed E-state index contributed by atoms with van der Waals surface area (Å²) < 4.78 is 27.8. The Morgan fingerprint density at radius 2 is 1.12 bits per heavy atom. The number of imide groups is 1. The minimum atomic E-state index is -1.73. The van der Waals surface area contributed by atoms with E-state index < -0.39 is 132 Å². The minimum absolute atomic E-state index is 0.00212. The number of carbonyl (C=O) groups is 13. The van der Waals surface area contributed by atoms with Crippen molar-refractivity contribution in [3.05, 3.63) is 154 Å². The fraction of sp³-hybridized carbons (Fsp3) is 0.536. The SMILES string of the molecule is CC(C)[C@H](NC(=O)[C@@H](CCC(=O)NC[C@H](O)[C@@H](O)[C@H](O)CCO)NC(=O)CCOCCOCCOCCOCCNC(=O)CCC(=O)N1Cc2ccccc2C#Cc2ccccc21)C(=O)N[C@@H](CCCNC(N)=O)C(=O)Nc1ccc(COC(=O)N[C@@H](C=O)C(=O)Nc2ccc3c(c2)[C@@]2(C)CCC[C@](C)(C(=O)NC(=O)[C@@]4(C)CCC[C@]5(C)c6cc(O)ccc6CC[C@@H]45)[C@@H]2CC3)cc1. The van der Waals surface area contributed by atoms with Gasteiger partial charge in [-0.15, -0.1) is 0 Å². The smallest absolute Gasteiger partial charge is 0.408 e. The van der Waals surface area contributed by atoms with Crippen molar-refractivity contribution in [1.29, 1.82) is 0 Å². The van der Waals surface area contributed by atoms with Gasteiger partial charge in [0.2, 0.25) is 53.2 Å². The number of aromatic hydroxyl groups is 1. The number of benzene rings is 5. The summed E-state index contributed by atoms with van der Waals surface area (Å²) in [6.45, 7) is 11.8. The number of phenols is 1. The van der Waals surface area contributed by atoms with Crippen LogP contribution in [0.1, 0.15) is 189 Å². The number of aliphatic hydroxyl groups excluding tert-OH is 4. The fourth-order valence-corrected chi connectivity index (χ4v) is 19.0. The zero-order valence-electron chi connectivity index (χ0n) is 76.0. The Morgan fingerprint density at radius 3 is 1.76 bits per heavy atom. The number of nitrogens with two attached hydrogens (primary N) is 1. The Balaban J connectivity index is 0.653. The van der Waals surface area contributed by atoms with Gasteiger partial charge in [-0.1, -0.05) is 121 Å². The molecule has 132 heavy (non-hydrogen) atoms. The number of rotatable bonds is 47. The van der Waals surface area contributed by atoms with Gasteiger partial charge in [0.25, 0.3) is 5.91 Å². The number of urea groups is 1. The van der Waals surface area contributed by atoms with Gasteiger partial charge in [-0.25, -0.2) is 9.59 Å². The normalized spacial score (nSPS) is 20.7. The van der Waals surface area contributed by atoms with Crippen LogP contribution in [0.5, 0.6) is 5.75 Å². The fourth-order valence-electron chi connectivity index (χ4n) is 19.0. The van der Waals surface area contributed by atoms with Crippen LogP contribution in [-0.2, 0) is 113 Å². The largest absolute Gasteiger partial charge is 0.508 e. The number of hydrogen-bond acceptors (Lipinski definition) is 23. The summed E-state index contributed by atoms with van der Waals surface area (Å²) in [5.74, 6) is -0.182. The summed E-state index contributed by atoms with van der Waals surface area (Å²) in [4.78, 5) is 178. The molecule has 5 aliphatic rings. The highest BCUT2D eigenvalue weighted by atomic mass is 16.6. The number of ether oxygens (including phenoxy) is 5. The maximum absolute atomic E-state index is 14.9. The molecule has 1 aliphatic heterocycles. The van der Waals surface area contributed by atoms with Gasteiger partial charge in [-0.3, -0.25) is 53.3 Å². The molecule has 714 valence electrons. The Kier molecular flexibility index (Phi) is 37.7. The highest BCUT2D eigenvalue weighted by Gasteiger charge is 2.59. The van der Waals surface area contributed by atoms with E-state index in [1.165, 1.54) is 29.8 Å². The molecule has 0 saturated heterocycles. The quantitative estimate of drug-likeness (QED) is 0.00767. The number of para-hydroxylation sites is 1. The molecule has 13 atom stereocenters. The summed E-state index contributed by atoms with van der Waals surface area (Å²) >= 11 is 0. The molecule has 0 radical (unpaired) electrons. The number of fused-ring (bicyclic) bond motifs is 8. The van der Waals surface area contributed by atoms with Gasteiger partial charge in [0.15, 0.2) is 12.3 Å². The molecule has 2 fully saturated rings. The Bertz CT molecular complexity index is 4970. The van der Waals surface area contributed by atoms with Crippen molar-refractivity contribution in [2.75, 3.05) is 94.6 Å². The molecular formula is C97H128N12O23. The van der Waals surface area contributed by atoms with E-state index >= 15 is 0 Å². The van der Waals surface area contributed by atoms with E-state index in [0.29, 0.717) is 55.6 Å². The molecule has 5 aromatic rings. The third-order valence-electron chi connectivity index (χ3n) is 26.3. The average molecular weight is 1830 g/mol. The lowest BCUT2D eigenvalue weighted by Crippen LogP contribution is -2.60. The van der Waals surface area contributed by atoms with E-state index in [9.17, 15) is 87.9 Å². The second-order valence-electron chi connectivity index (χ2n) is 35.8. The number of nitrogens with one attached hydrogen (secondary N) is 10. The molecule has 0 unspecified atom stereocenters. The van der Waals surface area contributed by atoms with E-state index in [2.05, 4.69) is 78.9 Å². The van der Waals surface area contributed by atoms with Crippen LogP contribution in [-0.4, -0.2) is 225 Å². The second kappa shape index (κ2) is 48.6. The number of aldehydes is 1. The van der Waals surface area contributed by atoms with Crippen molar-refractivity contribution >= 4 is 94.5 Å². The van der Waals surface area contributed by atoms with Crippen molar-refractivity contribution in [1.82, 2.24) is 42.5 Å². The summed E-state index contributed by atoms with van der Waals surface area (Å²) in [6.07, 6.45) is 0.113. The van der Waals surface area contributed by atoms with Crippen molar-refractivity contribution in [2.24, 2.45) is 34.3 Å². The maximum Gasteiger partial charge on any atom is 0.408 e. The van der Waals surface area contributed by atoms with Crippen LogP contribution in [0.4, 0.5) is 26.7 Å². The van der Waals surface area contributed by atoms with Crippen molar-refractivity contribution < 1.29 is 112 Å². The third-order valence-corrected chi connectivity index (χ3v) is 26.3. The second-order valence-corrected chi connectivity index (χ2v) is 35.8. The lowest BCUT2D eigenvalue weighted by molar-refractivity contribution is -0.150. The molecule has 4 aliphatic carbocycles. The molecule has 17 N–H and O–H groups in total. The van der Waals surface area contributed by atoms with Gasteiger partial charge in [0, 0.05) is 74.4 Å². The van der Waals surface area contributed by atoms with Crippen molar-refractivity contribution in [3.63, 3.8) is 0 Å². The maximum atomic E-state index is 14.9.